The van der Waals surface area contributed by atoms with Crippen molar-refractivity contribution in [3.8, 4) is 5.75 Å². The average molecular weight is 320 g/mol. The quantitative estimate of drug-likeness (QED) is 0.877. The highest BCUT2D eigenvalue weighted by Gasteiger charge is 2.32. The van der Waals surface area contributed by atoms with Gasteiger partial charge in [-0.2, -0.15) is 0 Å². The highest BCUT2D eigenvalue weighted by molar-refractivity contribution is 5.85. The summed E-state index contributed by atoms with van der Waals surface area (Å²) in [5, 5.41) is 2.77. The molecule has 0 unspecified atom stereocenters. The lowest BCUT2D eigenvalue weighted by Crippen LogP contribution is -2.39. The number of ether oxygens (including phenoxy) is 2. The molecule has 0 atom stereocenters. The lowest BCUT2D eigenvalue weighted by atomic mass is 9.77. The highest BCUT2D eigenvalue weighted by atomic mass is 16.6. The van der Waals surface area contributed by atoms with Gasteiger partial charge in [-0.3, -0.25) is 5.32 Å². The molecule has 1 aromatic carbocycles. The summed E-state index contributed by atoms with van der Waals surface area (Å²) in [4.78, 5) is 12.0. The SMILES string of the molecule is COc1ccc(NC(=O)OC(C)(C)C)cc1C1(N)CCCCC1. The molecule has 1 aromatic rings. The van der Waals surface area contributed by atoms with Crippen LogP contribution in [0.3, 0.4) is 0 Å². The van der Waals surface area contributed by atoms with Crippen LogP contribution >= 0.6 is 0 Å². The first-order valence-electron chi connectivity index (χ1n) is 8.21. The zero-order valence-corrected chi connectivity index (χ0v) is 14.6. The van der Waals surface area contributed by atoms with Crippen molar-refractivity contribution in [2.75, 3.05) is 12.4 Å². The van der Waals surface area contributed by atoms with Crippen molar-refractivity contribution in [1.29, 1.82) is 0 Å². The first kappa shape index (κ1) is 17.6. The third-order valence-corrected chi connectivity index (χ3v) is 4.13. The van der Waals surface area contributed by atoms with Crippen LogP contribution in [-0.2, 0) is 10.3 Å². The molecule has 0 heterocycles. The van der Waals surface area contributed by atoms with Gasteiger partial charge in [0.2, 0.25) is 0 Å². The highest BCUT2D eigenvalue weighted by Crippen LogP contribution is 2.40. The molecule has 0 aromatic heterocycles. The van der Waals surface area contributed by atoms with Crippen molar-refractivity contribution in [3.63, 3.8) is 0 Å². The van der Waals surface area contributed by atoms with Gasteiger partial charge in [0.05, 0.1) is 7.11 Å². The van der Waals surface area contributed by atoms with Crippen LogP contribution in [0.15, 0.2) is 18.2 Å². The van der Waals surface area contributed by atoms with Gasteiger partial charge in [-0.1, -0.05) is 19.3 Å². The van der Waals surface area contributed by atoms with Crippen molar-refractivity contribution in [2.24, 2.45) is 5.73 Å². The molecule has 0 saturated heterocycles. The summed E-state index contributed by atoms with van der Waals surface area (Å²) >= 11 is 0. The van der Waals surface area contributed by atoms with Crippen LogP contribution in [0, 0.1) is 0 Å². The molecule has 3 N–H and O–H groups in total. The van der Waals surface area contributed by atoms with Crippen LogP contribution in [0.25, 0.3) is 0 Å². The second-order valence-electron chi connectivity index (χ2n) is 7.26. The van der Waals surface area contributed by atoms with Gasteiger partial charge in [0.25, 0.3) is 0 Å². The number of carbonyl (C=O) groups is 1. The fraction of sp³-hybridized carbons (Fsp3) is 0.611. The molecule has 1 saturated carbocycles. The molecule has 5 heteroatoms. The fourth-order valence-corrected chi connectivity index (χ4v) is 3.05. The molecule has 2 rings (SSSR count). The number of hydrogen-bond acceptors (Lipinski definition) is 4. The molecule has 23 heavy (non-hydrogen) atoms. The Balaban J connectivity index is 2.23. The topological polar surface area (TPSA) is 73.6 Å². The number of nitrogens with two attached hydrogens (primary N) is 1. The van der Waals surface area contributed by atoms with Crippen molar-refractivity contribution >= 4 is 11.8 Å². The van der Waals surface area contributed by atoms with Crippen molar-refractivity contribution < 1.29 is 14.3 Å². The number of amides is 1. The molecule has 1 amide bonds. The predicted molar refractivity (Wildman–Crippen MR) is 91.8 cm³/mol. The van der Waals surface area contributed by atoms with Gasteiger partial charge >= 0.3 is 6.09 Å². The molecular weight excluding hydrogens is 292 g/mol. The minimum absolute atomic E-state index is 0.394. The van der Waals surface area contributed by atoms with Crippen molar-refractivity contribution in [1.82, 2.24) is 0 Å². The van der Waals surface area contributed by atoms with E-state index in [0.717, 1.165) is 37.0 Å². The van der Waals surface area contributed by atoms with Crippen molar-refractivity contribution in [3.05, 3.63) is 23.8 Å². The van der Waals surface area contributed by atoms with Gasteiger partial charge in [0.1, 0.15) is 11.4 Å². The molecule has 128 valence electrons. The van der Waals surface area contributed by atoms with E-state index in [9.17, 15) is 4.79 Å². The molecule has 1 aliphatic rings. The Hall–Kier alpha value is -1.75. The third-order valence-electron chi connectivity index (χ3n) is 4.13. The van der Waals surface area contributed by atoms with Crippen LogP contribution in [0.2, 0.25) is 0 Å². The van der Waals surface area contributed by atoms with Crippen LogP contribution < -0.4 is 15.8 Å². The van der Waals surface area contributed by atoms with E-state index in [4.69, 9.17) is 15.2 Å². The van der Waals surface area contributed by atoms with E-state index >= 15 is 0 Å². The molecular formula is C18H28N2O3. The Morgan fingerprint density at radius 1 is 1.22 bits per heavy atom. The van der Waals surface area contributed by atoms with Gasteiger partial charge in [0, 0.05) is 16.8 Å². The summed E-state index contributed by atoms with van der Waals surface area (Å²) in [6, 6.07) is 5.57. The van der Waals surface area contributed by atoms with Gasteiger partial charge in [-0.05, 0) is 51.8 Å². The summed E-state index contributed by atoms with van der Waals surface area (Å²) in [5.74, 6) is 0.768. The maximum Gasteiger partial charge on any atom is 0.412 e. The average Bonchev–Trinajstić information content (AvgIpc) is 2.46. The first-order valence-corrected chi connectivity index (χ1v) is 8.21. The molecule has 0 aliphatic heterocycles. The molecule has 0 spiro atoms. The van der Waals surface area contributed by atoms with Crippen LogP contribution in [0.4, 0.5) is 10.5 Å². The van der Waals surface area contributed by atoms with E-state index < -0.39 is 17.2 Å². The lowest BCUT2D eigenvalue weighted by molar-refractivity contribution is 0.0636. The van der Waals surface area contributed by atoms with Gasteiger partial charge in [-0.15, -0.1) is 0 Å². The van der Waals surface area contributed by atoms with E-state index in [2.05, 4.69) is 5.32 Å². The number of nitrogens with one attached hydrogen (secondary N) is 1. The number of methoxy groups -OCH3 is 1. The second-order valence-corrected chi connectivity index (χ2v) is 7.26. The molecule has 5 nitrogen and oxygen atoms in total. The number of benzene rings is 1. The third kappa shape index (κ3) is 4.61. The number of carbonyl (C=O) groups excluding carboxylic acids is 1. The largest absolute Gasteiger partial charge is 0.496 e. The van der Waals surface area contributed by atoms with Crippen LogP contribution in [-0.4, -0.2) is 18.8 Å². The maximum absolute atomic E-state index is 12.0. The predicted octanol–water partition coefficient (Wildman–Crippen LogP) is 4.16. The summed E-state index contributed by atoms with van der Waals surface area (Å²) in [7, 11) is 1.64. The maximum atomic E-state index is 12.0. The molecule has 0 radical (unpaired) electrons. The lowest BCUT2D eigenvalue weighted by Gasteiger charge is -2.35. The Morgan fingerprint density at radius 3 is 2.43 bits per heavy atom. The van der Waals surface area contributed by atoms with E-state index in [1.54, 1.807) is 13.2 Å². The van der Waals surface area contributed by atoms with Gasteiger partial charge in [-0.25, -0.2) is 4.79 Å². The van der Waals surface area contributed by atoms with E-state index in [1.165, 1.54) is 6.42 Å². The summed E-state index contributed by atoms with van der Waals surface area (Å²) in [6.45, 7) is 5.51. The minimum atomic E-state index is -0.530. The zero-order valence-electron chi connectivity index (χ0n) is 14.6. The summed E-state index contributed by atoms with van der Waals surface area (Å²) in [5.41, 5.74) is 7.33. The van der Waals surface area contributed by atoms with Gasteiger partial charge in [0.15, 0.2) is 0 Å². The van der Waals surface area contributed by atoms with E-state index in [1.807, 2.05) is 32.9 Å². The monoisotopic (exact) mass is 320 g/mol. The normalized spacial score (nSPS) is 17.4. The zero-order chi connectivity index (χ0) is 17.1. The molecule has 1 fully saturated rings. The fourth-order valence-electron chi connectivity index (χ4n) is 3.05. The number of rotatable bonds is 3. The Bertz CT molecular complexity index is 558. The summed E-state index contributed by atoms with van der Waals surface area (Å²) in [6.07, 6.45) is 4.84. The Morgan fingerprint density at radius 2 is 1.87 bits per heavy atom. The van der Waals surface area contributed by atoms with Crippen LogP contribution in [0.5, 0.6) is 5.75 Å². The summed E-state index contributed by atoms with van der Waals surface area (Å²) < 4.78 is 10.8. The van der Waals surface area contributed by atoms with E-state index in [0.29, 0.717) is 5.69 Å². The van der Waals surface area contributed by atoms with Crippen LogP contribution in [0.1, 0.15) is 58.4 Å². The standard InChI is InChI=1S/C18H28N2O3/c1-17(2,3)23-16(21)20-13-8-9-15(22-4)14(12-13)18(19)10-6-5-7-11-18/h8-9,12H,5-7,10-11,19H2,1-4H3,(H,20,21). The van der Waals surface area contributed by atoms with E-state index in [-0.39, 0.29) is 0 Å². The molecule has 1 aliphatic carbocycles. The number of anilines is 1. The Labute approximate surface area is 138 Å². The minimum Gasteiger partial charge on any atom is -0.496 e. The first-order chi connectivity index (χ1) is 10.7. The molecule has 0 bridgehead atoms. The Kier molecular flexibility index (Phi) is 5.19. The van der Waals surface area contributed by atoms with Gasteiger partial charge < -0.3 is 15.2 Å². The smallest absolute Gasteiger partial charge is 0.412 e. The number of hydrogen-bond donors (Lipinski definition) is 2. The van der Waals surface area contributed by atoms with Crippen molar-refractivity contribution in [2.45, 2.75) is 64.0 Å². The second kappa shape index (κ2) is 6.79.